The Morgan fingerprint density at radius 1 is 1.17 bits per heavy atom. The summed E-state index contributed by atoms with van der Waals surface area (Å²) in [4.78, 5) is 14.4. The van der Waals surface area contributed by atoms with Crippen LogP contribution in [0.3, 0.4) is 0 Å². The molecule has 0 radical (unpaired) electrons. The number of ether oxygens (including phenoxy) is 1. The molecule has 2 aromatic rings. The highest BCUT2D eigenvalue weighted by molar-refractivity contribution is 6.42. The minimum absolute atomic E-state index is 0.00848. The number of benzene rings is 2. The first-order valence-corrected chi connectivity index (χ1v) is 8.32. The van der Waals surface area contributed by atoms with Crippen LogP contribution in [-0.4, -0.2) is 24.1 Å². The number of carbonyl (C=O) groups excluding carboxylic acids is 1. The molecular weight excluding hydrogens is 347 g/mol. The van der Waals surface area contributed by atoms with Crippen LogP contribution in [0.15, 0.2) is 42.5 Å². The van der Waals surface area contributed by atoms with Crippen molar-refractivity contribution in [1.29, 1.82) is 0 Å². The smallest absolute Gasteiger partial charge is 0.322 e. The first-order valence-electron chi connectivity index (χ1n) is 7.57. The second-order valence-corrected chi connectivity index (χ2v) is 6.41. The first-order chi connectivity index (χ1) is 11.4. The molecule has 0 aliphatic carbocycles. The lowest BCUT2D eigenvalue weighted by atomic mass is 10.2. The Bertz CT molecular complexity index is 720. The summed E-state index contributed by atoms with van der Waals surface area (Å²) in [5.41, 5.74) is 1.54. The average molecular weight is 367 g/mol. The van der Waals surface area contributed by atoms with Gasteiger partial charge in [0.15, 0.2) is 0 Å². The molecule has 0 saturated heterocycles. The zero-order valence-corrected chi connectivity index (χ0v) is 15.4. The van der Waals surface area contributed by atoms with Gasteiger partial charge in [0.1, 0.15) is 5.75 Å². The largest absolute Gasteiger partial charge is 0.495 e. The van der Waals surface area contributed by atoms with E-state index in [0.717, 1.165) is 5.56 Å². The fourth-order valence-corrected chi connectivity index (χ4v) is 2.58. The van der Waals surface area contributed by atoms with Crippen LogP contribution in [-0.2, 0) is 6.54 Å². The van der Waals surface area contributed by atoms with E-state index in [-0.39, 0.29) is 12.1 Å². The number of carbonyl (C=O) groups is 1. The van der Waals surface area contributed by atoms with Crippen LogP contribution in [0.1, 0.15) is 19.4 Å². The highest BCUT2D eigenvalue weighted by Crippen LogP contribution is 2.25. The summed E-state index contributed by atoms with van der Waals surface area (Å²) in [6.07, 6.45) is 0. The van der Waals surface area contributed by atoms with Gasteiger partial charge in [0.2, 0.25) is 0 Å². The van der Waals surface area contributed by atoms with Gasteiger partial charge in [-0.3, -0.25) is 0 Å². The molecule has 2 amide bonds. The lowest BCUT2D eigenvalue weighted by molar-refractivity contribution is 0.193. The monoisotopic (exact) mass is 366 g/mol. The van der Waals surface area contributed by atoms with E-state index < -0.39 is 0 Å². The summed E-state index contributed by atoms with van der Waals surface area (Å²) in [6, 6.07) is 12.5. The van der Waals surface area contributed by atoms with Crippen molar-refractivity contribution in [1.82, 2.24) is 4.90 Å². The van der Waals surface area contributed by atoms with Crippen molar-refractivity contribution < 1.29 is 9.53 Å². The van der Waals surface area contributed by atoms with Crippen molar-refractivity contribution in [3.8, 4) is 5.75 Å². The summed E-state index contributed by atoms with van der Waals surface area (Å²) in [6.45, 7) is 4.34. The lowest BCUT2D eigenvalue weighted by Crippen LogP contribution is -2.39. The molecule has 0 fully saturated rings. The molecule has 0 unspecified atom stereocenters. The van der Waals surface area contributed by atoms with Crippen LogP contribution >= 0.6 is 23.2 Å². The van der Waals surface area contributed by atoms with Gasteiger partial charge in [0.05, 0.1) is 22.8 Å². The number of nitrogens with zero attached hydrogens (tertiary/aromatic N) is 1. The van der Waals surface area contributed by atoms with E-state index in [4.69, 9.17) is 27.9 Å². The molecule has 2 rings (SSSR count). The molecule has 0 bridgehead atoms. The Hall–Kier alpha value is -1.91. The fraction of sp³-hybridized carbons (Fsp3) is 0.278. The Kier molecular flexibility index (Phi) is 6.35. The SMILES string of the molecule is COc1ccccc1NC(=O)N(Cc1ccc(Cl)c(Cl)c1)C(C)C. The summed E-state index contributed by atoms with van der Waals surface area (Å²) >= 11 is 12.0. The highest BCUT2D eigenvalue weighted by atomic mass is 35.5. The molecule has 0 saturated carbocycles. The molecule has 6 heteroatoms. The molecule has 4 nitrogen and oxygen atoms in total. The molecule has 128 valence electrons. The number of nitrogens with one attached hydrogen (secondary N) is 1. The van der Waals surface area contributed by atoms with Crippen molar-refractivity contribution in [3.05, 3.63) is 58.1 Å². The summed E-state index contributed by atoms with van der Waals surface area (Å²) in [7, 11) is 1.57. The first kappa shape index (κ1) is 18.4. The van der Waals surface area contributed by atoms with Crippen LogP contribution in [0.25, 0.3) is 0 Å². The van der Waals surface area contributed by atoms with Crippen LogP contribution in [0, 0.1) is 0 Å². The molecule has 0 spiro atoms. The Morgan fingerprint density at radius 2 is 1.88 bits per heavy atom. The maximum absolute atomic E-state index is 12.7. The number of urea groups is 1. The number of hydrogen-bond donors (Lipinski definition) is 1. The molecule has 1 N–H and O–H groups in total. The third-order valence-corrected chi connectivity index (χ3v) is 4.31. The zero-order valence-electron chi connectivity index (χ0n) is 13.8. The third kappa shape index (κ3) is 4.56. The van der Waals surface area contributed by atoms with Crippen molar-refractivity contribution in [3.63, 3.8) is 0 Å². The summed E-state index contributed by atoms with van der Waals surface area (Å²) < 4.78 is 5.27. The van der Waals surface area contributed by atoms with Gasteiger partial charge >= 0.3 is 6.03 Å². The molecule has 0 heterocycles. The van der Waals surface area contributed by atoms with Crippen LogP contribution in [0.2, 0.25) is 10.0 Å². The number of halogens is 2. The lowest BCUT2D eigenvalue weighted by Gasteiger charge is -2.27. The van der Waals surface area contributed by atoms with Crippen LogP contribution < -0.4 is 10.1 Å². The number of anilines is 1. The predicted molar refractivity (Wildman–Crippen MR) is 99.2 cm³/mol. The number of para-hydroxylation sites is 2. The maximum Gasteiger partial charge on any atom is 0.322 e. The molecule has 24 heavy (non-hydrogen) atoms. The van der Waals surface area contributed by atoms with Crippen LogP contribution in [0.5, 0.6) is 5.75 Å². The van der Waals surface area contributed by atoms with E-state index in [1.54, 1.807) is 36.3 Å². The van der Waals surface area contributed by atoms with E-state index in [2.05, 4.69) is 5.32 Å². The van der Waals surface area contributed by atoms with Gasteiger partial charge in [-0.15, -0.1) is 0 Å². The van der Waals surface area contributed by atoms with Gasteiger partial charge in [0.25, 0.3) is 0 Å². The topological polar surface area (TPSA) is 41.6 Å². The van der Waals surface area contributed by atoms with Gasteiger partial charge in [0, 0.05) is 12.6 Å². The number of rotatable bonds is 5. The Morgan fingerprint density at radius 3 is 2.50 bits per heavy atom. The van der Waals surface area contributed by atoms with Gasteiger partial charge in [-0.05, 0) is 43.7 Å². The highest BCUT2D eigenvalue weighted by Gasteiger charge is 2.19. The van der Waals surface area contributed by atoms with Crippen LogP contribution in [0.4, 0.5) is 10.5 Å². The molecule has 0 atom stereocenters. The minimum Gasteiger partial charge on any atom is -0.495 e. The molecule has 0 aliphatic rings. The van der Waals surface area contributed by atoms with Crippen molar-refractivity contribution in [2.24, 2.45) is 0 Å². The van der Waals surface area contributed by atoms with E-state index in [1.807, 2.05) is 32.0 Å². The summed E-state index contributed by atoms with van der Waals surface area (Å²) in [5.74, 6) is 0.615. The molecule has 0 aromatic heterocycles. The fourth-order valence-electron chi connectivity index (χ4n) is 2.26. The molecule has 0 aliphatic heterocycles. The second-order valence-electron chi connectivity index (χ2n) is 5.60. The average Bonchev–Trinajstić information content (AvgIpc) is 2.55. The zero-order chi connectivity index (χ0) is 17.7. The van der Waals surface area contributed by atoms with Gasteiger partial charge in [-0.25, -0.2) is 4.79 Å². The van der Waals surface area contributed by atoms with E-state index in [9.17, 15) is 4.79 Å². The molecular formula is C18H20Cl2N2O2. The maximum atomic E-state index is 12.7. The van der Waals surface area contributed by atoms with E-state index in [0.29, 0.717) is 28.0 Å². The normalized spacial score (nSPS) is 10.6. The minimum atomic E-state index is -0.208. The van der Waals surface area contributed by atoms with Gasteiger partial charge in [-0.2, -0.15) is 0 Å². The quantitative estimate of drug-likeness (QED) is 0.764. The number of amides is 2. The number of hydrogen-bond acceptors (Lipinski definition) is 2. The van der Waals surface area contributed by atoms with Gasteiger partial charge in [-0.1, -0.05) is 41.4 Å². The van der Waals surface area contributed by atoms with E-state index in [1.165, 1.54) is 0 Å². The Labute approximate surface area is 152 Å². The van der Waals surface area contributed by atoms with Crippen molar-refractivity contribution in [2.45, 2.75) is 26.4 Å². The predicted octanol–water partition coefficient (Wildman–Crippen LogP) is 5.44. The molecule has 2 aromatic carbocycles. The summed E-state index contributed by atoms with van der Waals surface area (Å²) in [5, 5.41) is 3.86. The van der Waals surface area contributed by atoms with Crippen molar-refractivity contribution in [2.75, 3.05) is 12.4 Å². The van der Waals surface area contributed by atoms with Gasteiger partial charge < -0.3 is 15.0 Å². The third-order valence-electron chi connectivity index (χ3n) is 3.57. The Balaban J connectivity index is 2.17. The number of methoxy groups -OCH3 is 1. The standard InChI is InChI=1S/C18H20Cl2N2O2/c1-12(2)22(11-13-8-9-14(19)15(20)10-13)18(23)21-16-6-4-5-7-17(16)24-3/h4-10,12H,11H2,1-3H3,(H,21,23). The second kappa shape index (κ2) is 8.27. The van der Waals surface area contributed by atoms with E-state index >= 15 is 0 Å². The van der Waals surface area contributed by atoms with Crippen molar-refractivity contribution >= 4 is 34.9 Å².